The number of hydrogen-bond donors (Lipinski definition) is 1. The predicted octanol–water partition coefficient (Wildman–Crippen LogP) is 2.37. The second kappa shape index (κ2) is 5.91. The second-order valence-electron chi connectivity index (χ2n) is 4.43. The maximum atomic E-state index is 9.18. The first-order valence-corrected chi connectivity index (χ1v) is 5.83. The Bertz CT molecular complexity index is 292. The largest absolute Gasteiger partial charge is 0.392 e. The monoisotopic (exact) mass is 210 g/mol. The van der Waals surface area contributed by atoms with Crippen molar-refractivity contribution in [1.82, 2.24) is 9.78 Å². The van der Waals surface area contributed by atoms with E-state index in [1.165, 1.54) is 5.69 Å². The third-order valence-corrected chi connectivity index (χ3v) is 2.61. The Morgan fingerprint density at radius 2 is 2.20 bits per heavy atom. The molecule has 86 valence electrons. The van der Waals surface area contributed by atoms with Gasteiger partial charge in [-0.3, -0.25) is 4.68 Å². The molecule has 0 amide bonds. The zero-order valence-electron chi connectivity index (χ0n) is 10.0. The van der Waals surface area contributed by atoms with Crippen molar-refractivity contribution < 1.29 is 5.11 Å². The molecule has 1 aromatic rings. The van der Waals surface area contributed by atoms with E-state index in [-0.39, 0.29) is 6.61 Å². The number of nitrogens with zero attached hydrogens (tertiary/aromatic N) is 2. The van der Waals surface area contributed by atoms with Gasteiger partial charge in [-0.1, -0.05) is 27.2 Å². The van der Waals surface area contributed by atoms with Crippen molar-refractivity contribution in [3.63, 3.8) is 0 Å². The van der Waals surface area contributed by atoms with Gasteiger partial charge in [0.1, 0.15) is 0 Å². The molecule has 3 heteroatoms. The normalized spacial score (nSPS) is 11.3. The number of aliphatic hydroxyl groups is 1. The molecule has 0 aliphatic rings. The molecule has 0 spiro atoms. The minimum Gasteiger partial charge on any atom is -0.392 e. The Balaban J connectivity index is 2.72. The molecule has 1 aromatic heterocycles. The predicted molar refractivity (Wildman–Crippen MR) is 61.6 cm³/mol. The summed E-state index contributed by atoms with van der Waals surface area (Å²) in [7, 11) is 0. The standard InChI is InChI=1S/C12H22N2O/c1-4-5-12-11(9-15)8-13-14(12)7-6-10(2)3/h8,10,15H,4-7,9H2,1-3H3. The first-order chi connectivity index (χ1) is 7.19. The van der Waals surface area contributed by atoms with E-state index in [0.29, 0.717) is 5.92 Å². The lowest BCUT2D eigenvalue weighted by molar-refractivity contribution is 0.280. The number of rotatable bonds is 6. The van der Waals surface area contributed by atoms with E-state index < -0.39 is 0 Å². The highest BCUT2D eigenvalue weighted by Crippen LogP contribution is 2.13. The summed E-state index contributed by atoms with van der Waals surface area (Å²) in [6.45, 7) is 7.66. The summed E-state index contributed by atoms with van der Waals surface area (Å²) in [5.41, 5.74) is 2.20. The topological polar surface area (TPSA) is 38.1 Å². The molecule has 0 radical (unpaired) electrons. The minimum absolute atomic E-state index is 0.108. The molecule has 1 N–H and O–H groups in total. The SMILES string of the molecule is CCCc1c(CO)cnn1CCC(C)C. The van der Waals surface area contributed by atoms with Gasteiger partial charge in [0.05, 0.1) is 12.8 Å². The zero-order chi connectivity index (χ0) is 11.3. The maximum Gasteiger partial charge on any atom is 0.0715 e. The molecule has 0 aliphatic heterocycles. The van der Waals surface area contributed by atoms with Gasteiger partial charge in [-0.25, -0.2) is 0 Å². The molecule has 15 heavy (non-hydrogen) atoms. The van der Waals surface area contributed by atoms with Gasteiger partial charge in [0.25, 0.3) is 0 Å². The van der Waals surface area contributed by atoms with E-state index >= 15 is 0 Å². The van der Waals surface area contributed by atoms with E-state index in [2.05, 4.69) is 30.6 Å². The van der Waals surface area contributed by atoms with Crippen LogP contribution in [-0.4, -0.2) is 14.9 Å². The molecule has 0 aromatic carbocycles. The van der Waals surface area contributed by atoms with Crippen molar-refractivity contribution in [1.29, 1.82) is 0 Å². The summed E-state index contributed by atoms with van der Waals surface area (Å²) in [6, 6.07) is 0. The summed E-state index contributed by atoms with van der Waals surface area (Å²) in [4.78, 5) is 0. The average Bonchev–Trinajstić information content (AvgIpc) is 2.58. The van der Waals surface area contributed by atoms with Crippen LogP contribution in [0.15, 0.2) is 6.20 Å². The fourth-order valence-corrected chi connectivity index (χ4v) is 1.68. The van der Waals surface area contributed by atoms with E-state index in [1.54, 1.807) is 6.20 Å². The van der Waals surface area contributed by atoms with Crippen molar-refractivity contribution in [2.45, 2.75) is 53.2 Å². The highest BCUT2D eigenvalue weighted by molar-refractivity contribution is 5.16. The zero-order valence-corrected chi connectivity index (χ0v) is 10.0. The van der Waals surface area contributed by atoms with Gasteiger partial charge in [0, 0.05) is 17.8 Å². The second-order valence-corrected chi connectivity index (χ2v) is 4.43. The Morgan fingerprint density at radius 3 is 2.73 bits per heavy atom. The summed E-state index contributed by atoms with van der Waals surface area (Å²) < 4.78 is 2.05. The van der Waals surface area contributed by atoms with Gasteiger partial charge >= 0.3 is 0 Å². The highest BCUT2D eigenvalue weighted by atomic mass is 16.3. The van der Waals surface area contributed by atoms with Gasteiger partial charge in [0.2, 0.25) is 0 Å². The summed E-state index contributed by atoms with van der Waals surface area (Å²) in [6.07, 6.45) is 5.04. The first kappa shape index (κ1) is 12.2. The number of aromatic nitrogens is 2. The molecule has 0 fully saturated rings. The van der Waals surface area contributed by atoms with Gasteiger partial charge in [-0.05, 0) is 18.8 Å². The Morgan fingerprint density at radius 1 is 1.47 bits per heavy atom. The molecule has 0 aliphatic carbocycles. The van der Waals surface area contributed by atoms with Gasteiger partial charge in [0.15, 0.2) is 0 Å². The van der Waals surface area contributed by atoms with Crippen LogP contribution in [-0.2, 0) is 19.6 Å². The van der Waals surface area contributed by atoms with Crippen LogP contribution in [0.2, 0.25) is 0 Å². The van der Waals surface area contributed by atoms with E-state index in [4.69, 9.17) is 0 Å². The van der Waals surface area contributed by atoms with Crippen molar-refractivity contribution in [3.8, 4) is 0 Å². The summed E-state index contributed by atoms with van der Waals surface area (Å²) >= 11 is 0. The van der Waals surface area contributed by atoms with E-state index in [1.807, 2.05) is 0 Å². The number of aryl methyl sites for hydroxylation is 1. The number of hydrogen-bond acceptors (Lipinski definition) is 2. The molecule has 0 unspecified atom stereocenters. The molecule has 1 heterocycles. The number of aliphatic hydroxyl groups excluding tert-OH is 1. The van der Waals surface area contributed by atoms with E-state index in [9.17, 15) is 5.11 Å². The molecule has 0 atom stereocenters. The average molecular weight is 210 g/mol. The van der Waals surface area contributed by atoms with Crippen molar-refractivity contribution in [3.05, 3.63) is 17.5 Å². The highest BCUT2D eigenvalue weighted by Gasteiger charge is 2.09. The third kappa shape index (κ3) is 3.34. The van der Waals surface area contributed by atoms with Gasteiger partial charge in [-0.2, -0.15) is 5.10 Å². The van der Waals surface area contributed by atoms with Crippen LogP contribution in [0.1, 0.15) is 44.9 Å². The van der Waals surface area contributed by atoms with Crippen molar-refractivity contribution >= 4 is 0 Å². The van der Waals surface area contributed by atoms with Crippen LogP contribution < -0.4 is 0 Å². The molecule has 1 rings (SSSR count). The smallest absolute Gasteiger partial charge is 0.0715 e. The van der Waals surface area contributed by atoms with Crippen LogP contribution in [0, 0.1) is 5.92 Å². The molecule has 0 bridgehead atoms. The quantitative estimate of drug-likeness (QED) is 0.782. The first-order valence-electron chi connectivity index (χ1n) is 5.83. The fourth-order valence-electron chi connectivity index (χ4n) is 1.68. The van der Waals surface area contributed by atoms with Crippen molar-refractivity contribution in [2.75, 3.05) is 0 Å². The summed E-state index contributed by atoms with van der Waals surface area (Å²) in [5, 5.41) is 13.5. The Hall–Kier alpha value is -0.830. The van der Waals surface area contributed by atoms with E-state index in [0.717, 1.165) is 31.4 Å². The van der Waals surface area contributed by atoms with Crippen LogP contribution in [0.5, 0.6) is 0 Å². The molecular weight excluding hydrogens is 188 g/mol. The van der Waals surface area contributed by atoms with Crippen LogP contribution in [0.3, 0.4) is 0 Å². The molecule has 0 saturated carbocycles. The van der Waals surface area contributed by atoms with Crippen LogP contribution >= 0.6 is 0 Å². The lowest BCUT2D eigenvalue weighted by Gasteiger charge is -2.09. The molecule has 3 nitrogen and oxygen atoms in total. The summed E-state index contributed by atoms with van der Waals surface area (Å²) in [5.74, 6) is 0.696. The minimum atomic E-state index is 0.108. The van der Waals surface area contributed by atoms with Crippen LogP contribution in [0.4, 0.5) is 0 Å². The van der Waals surface area contributed by atoms with Gasteiger partial charge < -0.3 is 5.11 Å². The van der Waals surface area contributed by atoms with Crippen molar-refractivity contribution in [2.24, 2.45) is 5.92 Å². The fraction of sp³-hybridized carbons (Fsp3) is 0.750. The molecule has 0 saturated heterocycles. The maximum absolute atomic E-state index is 9.18. The molecular formula is C12H22N2O. The van der Waals surface area contributed by atoms with Gasteiger partial charge in [-0.15, -0.1) is 0 Å². The third-order valence-electron chi connectivity index (χ3n) is 2.61. The van der Waals surface area contributed by atoms with Crippen LogP contribution in [0.25, 0.3) is 0 Å². The lowest BCUT2D eigenvalue weighted by atomic mass is 10.1. The Kier molecular flexibility index (Phi) is 4.82. The Labute approximate surface area is 92.1 Å². The lowest BCUT2D eigenvalue weighted by Crippen LogP contribution is -2.08.